The predicted octanol–water partition coefficient (Wildman–Crippen LogP) is 2.97. The van der Waals surface area contributed by atoms with Crippen molar-refractivity contribution >= 4 is 17.2 Å². The third-order valence-electron chi connectivity index (χ3n) is 4.32. The summed E-state index contributed by atoms with van der Waals surface area (Å²) < 4.78 is 0. The summed E-state index contributed by atoms with van der Waals surface area (Å²) in [6, 6.07) is 4.31. The van der Waals surface area contributed by atoms with Gasteiger partial charge >= 0.3 is 0 Å². The number of nitrogens with zero attached hydrogens (tertiary/aromatic N) is 1. The molecule has 1 aromatic rings. The van der Waals surface area contributed by atoms with E-state index >= 15 is 0 Å². The van der Waals surface area contributed by atoms with Crippen molar-refractivity contribution in [2.24, 2.45) is 5.41 Å². The van der Waals surface area contributed by atoms with Gasteiger partial charge < -0.3 is 15.3 Å². The van der Waals surface area contributed by atoms with Gasteiger partial charge in [-0.3, -0.25) is 4.79 Å². The molecule has 0 radical (unpaired) electrons. The second-order valence-corrected chi connectivity index (χ2v) is 8.97. The van der Waals surface area contributed by atoms with Crippen LogP contribution in [0.4, 0.5) is 0 Å². The van der Waals surface area contributed by atoms with Crippen LogP contribution >= 0.6 is 11.3 Å². The van der Waals surface area contributed by atoms with Crippen LogP contribution in [0.1, 0.15) is 51.8 Å². The van der Waals surface area contributed by atoms with E-state index in [1.165, 1.54) is 0 Å². The molecule has 2 heterocycles. The molecule has 4 nitrogen and oxygen atoms in total. The topological polar surface area (TPSA) is 52.6 Å². The van der Waals surface area contributed by atoms with Gasteiger partial charge in [-0.15, -0.1) is 11.3 Å². The molecule has 1 fully saturated rings. The monoisotopic (exact) mass is 338 g/mol. The number of thiophene rings is 1. The van der Waals surface area contributed by atoms with Crippen LogP contribution in [-0.4, -0.2) is 41.6 Å². The largest absolute Gasteiger partial charge is 0.383 e. The highest BCUT2D eigenvalue weighted by atomic mass is 32.1. The number of carbonyl (C=O) groups excluding carboxylic acids is 1. The molecule has 1 aliphatic heterocycles. The van der Waals surface area contributed by atoms with Crippen molar-refractivity contribution in [2.75, 3.05) is 19.6 Å². The molecule has 0 bridgehead atoms. The van der Waals surface area contributed by atoms with Crippen molar-refractivity contribution in [3.8, 4) is 0 Å². The van der Waals surface area contributed by atoms with Gasteiger partial charge in [-0.1, -0.05) is 26.8 Å². The van der Waals surface area contributed by atoms with E-state index in [-0.39, 0.29) is 11.3 Å². The van der Waals surface area contributed by atoms with Crippen LogP contribution in [0.3, 0.4) is 0 Å². The summed E-state index contributed by atoms with van der Waals surface area (Å²) in [4.78, 5) is 15.2. The van der Waals surface area contributed by atoms with E-state index in [0.717, 1.165) is 30.8 Å². The fourth-order valence-corrected chi connectivity index (χ4v) is 3.70. The number of aliphatic hydroxyl groups is 1. The van der Waals surface area contributed by atoms with Crippen LogP contribution in [0, 0.1) is 5.41 Å². The Morgan fingerprint density at radius 3 is 2.52 bits per heavy atom. The molecule has 0 spiro atoms. The Morgan fingerprint density at radius 1 is 1.35 bits per heavy atom. The third-order valence-corrected chi connectivity index (χ3v) is 5.44. The maximum atomic E-state index is 12.3. The normalized spacial score (nSPS) is 19.6. The molecule has 2 N–H and O–H groups in total. The van der Waals surface area contributed by atoms with E-state index in [0.29, 0.717) is 19.0 Å². The second kappa shape index (κ2) is 7.32. The zero-order valence-electron chi connectivity index (χ0n) is 14.8. The lowest BCUT2D eigenvalue weighted by atomic mass is 9.91. The highest BCUT2D eigenvalue weighted by Crippen LogP contribution is 2.25. The maximum absolute atomic E-state index is 12.3. The minimum atomic E-state index is -0.826. The molecule has 1 unspecified atom stereocenters. The number of carbonyl (C=O) groups is 1. The van der Waals surface area contributed by atoms with Crippen LogP contribution in [0.2, 0.25) is 0 Å². The molecular formula is C18H30N2O2S. The standard InChI is InChI=1S/C18H30N2O2S/c1-17(2,3)12-16(21)20-9-7-14(8-10-20)19-13-18(4,22)15-6-5-11-23-15/h5-6,11,14,19,22H,7-10,12-13H2,1-4H3. The summed E-state index contributed by atoms with van der Waals surface area (Å²) in [7, 11) is 0. The van der Waals surface area contributed by atoms with Gasteiger partial charge in [-0.2, -0.15) is 0 Å². The molecule has 2 rings (SSSR count). The van der Waals surface area contributed by atoms with Gasteiger partial charge in [0.1, 0.15) is 5.60 Å². The Balaban J connectivity index is 1.76. The van der Waals surface area contributed by atoms with E-state index in [9.17, 15) is 9.90 Å². The average Bonchev–Trinajstić information content (AvgIpc) is 2.99. The summed E-state index contributed by atoms with van der Waals surface area (Å²) in [6.45, 7) is 10.3. The zero-order valence-corrected chi connectivity index (χ0v) is 15.6. The predicted molar refractivity (Wildman–Crippen MR) is 95.6 cm³/mol. The van der Waals surface area contributed by atoms with E-state index in [1.54, 1.807) is 11.3 Å². The Labute approximate surface area is 143 Å². The van der Waals surface area contributed by atoms with Gasteiger partial charge in [0.2, 0.25) is 5.91 Å². The molecule has 23 heavy (non-hydrogen) atoms. The number of piperidine rings is 1. The lowest BCUT2D eigenvalue weighted by molar-refractivity contribution is -0.134. The van der Waals surface area contributed by atoms with Crippen LogP contribution < -0.4 is 5.32 Å². The number of amides is 1. The molecule has 1 amide bonds. The molecule has 0 saturated carbocycles. The van der Waals surface area contributed by atoms with E-state index in [2.05, 4.69) is 26.1 Å². The first kappa shape index (κ1) is 18.4. The van der Waals surface area contributed by atoms with Gasteiger partial charge in [0.05, 0.1) is 0 Å². The quantitative estimate of drug-likeness (QED) is 0.868. The minimum Gasteiger partial charge on any atom is -0.383 e. The van der Waals surface area contributed by atoms with Crippen molar-refractivity contribution in [1.82, 2.24) is 10.2 Å². The molecule has 5 heteroatoms. The summed E-state index contributed by atoms with van der Waals surface area (Å²) >= 11 is 1.58. The van der Waals surface area contributed by atoms with Crippen LogP contribution in [0.15, 0.2) is 17.5 Å². The number of hydrogen-bond acceptors (Lipinski definition) is 4. The van der Waals surface area contributed by atoms with Gasteiger partial charge in [0.25, 0.3) is 0 Å². The zero-order chi connectivity index (χ0) is 17.1. The van der Waals surface area contributed by atoms with Crippen molar-refractivity contribution in [1.29, 1.82) is 0 Å². The Kier molecular flexibility index (Phi) is 5.87. The van der Waals surface area contributed by atoms with Crippen molar-refractivity contribution in [3.05, 3.63) is 22.4 Å². The van der Waals surface area contributed by atoms with E-state index < -0.39 is 5.60 Å². The molecule has 1 aliphatic rings. The van der Waals surface area contributed by atoms with Crippen LogP contribution in [0.5, 0.6) is 0 Å². The lowest BCUT2D eigenvalue weighted by Gasteiger charge is -2.35. The highest BCUT2D eigenvalue weighted by Gasteiger charge is 2.28. The Morgan fingerprint density at radius 2 is 2.00 bits per heavy atom. The number of hydrogen-bond donors (Lipinski definition) is 2. The number of rotatable bonds is 5. The third kappa shape index (κ3) is 5.59. The molecule has 130 valence electrons. The van der Waals surface area contributed by atoms with Crippen LogP contribution in [0.25, 0.3) is 0 Å². The van der Waals surface area contributed by atoms with Crippen molar-refractivity contribution in [3.63, 3.8) is 0 Å². The summed E-state index contributed by atoms with van der Waals surface area (Å²) in [5, 5.41) is 16.0. The highest BCUT2D eigenvalue weighted by molar-refractivity contribution is 7.10. The maximum Gasteiger partial charge on any atom is 0.223 e. The van der Waals surface area contributed by atoms with Crippen molar-refractivity contribution < 1.29 is 9.90 Å². The summed E-state index contributed by atoms with van der Waals surface area (Å²) in [5.74, 6) is 0.265. The first-order valence-electron chi connectivity index (χ1n) is 8.45. The first-order chi connectivity index (χ1) is 10.7. The smallest absolute Gasteiger partial charge is 0.223 e. The SMILES string of the molecule is CC(C)(C)CC(=O)N1CCC(NCC(C)(O)c2cccs2)CC1. The molecule has 1 aromatic heterocycles. The lowest BCUT2D eigenvalue weighted by Crippen LogP contribution is -2.48. The molecule has 1 atom stereocenters. The van der Waals surface area contributed by atoms with E-state index in [4.69, 9.17) is 0 Å². The average molecular weight is 339 g/mol. The van der Waals surface area contributed by atoms with Gasteiger partial charge in [0, 0.05) is 37.0 Å². The van der Waals surface area contributed by atoms with Gasteiger partial charge in [-0.05, 0) is 36.6 Å². The fourth-order valence-electron chi connectivity index (χ4n) is 2.91. The van der Waals surface area contributed by atoms with Crippen LogP contribution in [-0.2, 0) is 10.4 Å². The van der Waals surface area contributed by atoms with E-state index in [1.807, 2.05) is 29.3 Å². The van der Waals surface area contributed by atoms with Crippen molar-refractivity contribution in [2.45, 2.75) is 58.6 Å². The Hall–Kier alpha value is -0.910. The second-order valence-electron chi connectivity index (χ2n) is 8.02. The minimum absolute atomic E-state index is 0.0472. The first-order valence-corrected chi connectivity index (χ1v) is 9.33. The number of nitrogens with one attached hydrogen (secondary N) is 1. The molecule has 0 aromatic carbocycles. The molecular weight excluding hydrogens is 308 g/mol. The van der Waals surface area contributed by atoms with Gasteiger partial charge in [-0.25, -0.2) is 0 Å². The van der Waals surface area contributed by atoms with Gasteiger partial charge in [0.15, 0.2) is 0 Å². The molecule has 0 aliphatic carbocycles. The Bertz CT molecular complexity index is 498. The molecule has 1 saturated heterocycles. The number of likely N-dealkylation sites (tertiary alicyclic amines) is 1. The fraction of sp³-hybridized carbons (Fsp3) is 0.722. The summed E-state index contributed by atoms with van der Waals surface area (Å²) in [5.41, 5.74) is -0.779. The summed E-state index contributed by atoms with van der Waals surface area (Å²) in [6.07, 6.45) is 2.52.